The molecule has 30 heavy (non-hydrogen) atoms. The third kappa shape index (κ3) is 6.62. The number of halogens is 2. The van der Waals surface area contributed by atoms with Crippen molar-refractivity contribution in [3.8, 4) is 0 Å². The largest absolute Gasteiger partial charge is 0.369 e. The minimum atomic E-state index is -0.305. The Bertz CT molecular complexity index is 874. The van der Waals surface area contributed by atoms with Crippen molar-refractivity contribution in [3.05, 3.63) is 64.9 Å². The fourth-order valence-corrected chi connectivity index (χ4v) is 3.59. The van der Waals surface area contributed by atoms with Crippen molar-refractivity contribution in [2.24, 2.45) is 4.99 Å². The summed E-state index contributed by atoms with van der Waals surface area (Å²) < 4.78 is 12.9. The van der Waals surface area contributed by atoms with Gasteiger partial charge in [0.2, 0.25) is 5.91 Å². The van der Waals surface area contributed by atoms with Crippen LogP contribution in [0, 0.1) is 5.82 Å². The van der Waals surface area contributed by atoms with Crippen LogP contribution in [0.15, 0.2) is 53.5 Å². The molecule has 1 aliphatic rings. The van der Waals surface area contributed by atoms with E-state index in [0.717, 1.165) is 35.8 Å². The van der Waals surface area contributed by atoms with E-state index in [1.807, 2.05) is 18.2 Å². The third-order valence-corrected chi connectivity index (χ3v) is 5.18. The molecule has 1 saturated heterocycles. The van der Waals surface area contributed by atoms with Gasteiger partial charge in [-0.2, -0.15) is 0 Å². The smallest absolute Gasteiger partial charge is 0.224 e. The van der Waals surface area contributed by atoms with Crippen molar-refractivity contribution >= 4 is 29.2 Å². The van der Waals surface area contributed by atoms with Crippen LogP contribution in [0.1, 0.15) is 12.0 Å². The second-order valence-corrected chi connectivity index (χ2v) is 7.64. The van der Waals surface area contributed by atoms with Crippen molar-refractivity contribution < 1.29 is 9.18 Å². The number of anilines is 1. The Morgan fingerprint density at radius 2 is 1.97 bits per heavy atom. The third-order valence-electron chi connectivity index (χ3n) is 4.94. The monoisotopic (exact) mass is 431 g/mol. The molecule has 6 nitrogen and oxygen atoms in total. The van der Waals surface area contributed by atoms with Crippen molar-refractivity contribution in [2.75, 3.05) is 38.1 Å². The number of hydrogen-bond donors (Lipinski definition) is 3. The molecule has 0 aromatic heterocycles. The molecule has 160 valence electrons. The average Bonchev–Trinajstić information content (AvgIpc) is 3.20. The van der Waals surface area contributed by atoms with E-state index in [4.69, 9.17) is 11.6 Å². The van der Waals surface area contributed by atoms with E-state index >= 15 is 0 Å². The molecule has 1 unspecified atom stereocenters. The zero-order valence-electron chi connectivity index (χ0n) is 17.0. The Kier molecular flexibility index (Phi) is 7.90. The Morgan fingerprint density at radius 1 is 1.20 bits per heavy atom. The molecule has 0 spiro atoms. The Balaban J connectivity index is 1.36. The fraction of sp³-hybridized carbons (Fsp3) is 0.364. The summed E-state index contributed by atoms with van der Waals surface area (Å²) in [7, 11) is 1.73. The van der Waals surface area contributed by atoms with Crippen molar-refractivity contribution in [1.29, 1.82) is 0 Å². The van der Waals surface area contributed by atoms with Gasteiger partial charge in [-0.05, 0) is 42.3 Å². The Hall–Kier alpha value is -2.80. The molecule has 1 heterocycles. The van der Waals surface area contributed by atoms with Crippen LogP contribution in [-0.4, -0.2) is 51.1 Å². The molecule has 3 rings (SSSR count). The normalized spacial score (nSPS) is 16.4. The maximum atomic E-state index is 12.9. The van der Waals surface area contributed by atoms with Gasteiger partial charge in [-0.25, -0.2) is 4.39 Å². The molecule has 8 heteroatoms. The molecule has 1 amide bonds. The van der Waals surface area contributed by atoms with Gasteiger partial charge in [0.1, 0.15) is 5.82 Å². The van der Waals surface area contributed by atoms with Crippen LogP contribution >= 0.6 is 11.6 Å². The summed E-state index contributed by atoms with van der Waals surface area (Å²) >= 11 is 6.09. The maximum Gasteiger partial charge on any atom is 0.224 e. The van der Waals surface area contributed by atoms with E-state index in [1.54, 1.807) is 19.2 Å². The molecular weight excluding hydrogens is 405 g/mol. The quantitative estimate of drug-likeness (QED) is 0.358. The number of amides is 1. The predicted molar refractivity (Wildman–Crippen MR) is 120 cm³/mol. The number of nitrogens with one attached hydrogen (secondary N) is 3. The van der Waals surface area contributed by atoms with Crippen LogP contribution in [0.5, 0.6) is 0 Å². The molecule has 1 aliphatic heterocycles. The van der Waals surface area contributed by atoms with Crippen LogP contribution in [0.4, 0.5) is 10.1 Å². The van der Waals surface area contributed by atoms with Crippen LogP contribution in [0.2, 0.25) is 5.02 Å². The highest BCUT2D eigenvalue weighted by molar-refractivity contribution is 6.30. The van der Waals surface area contributed by atoms with Gasteiger partial charge in [0, 0.05) is 50.0 Å². The van der Waals surface area contributed by atoms with Crippen LogP contribution in [0.3, 0.4) is 0 Å². The fourth-order valence-electron chi connectivity index (χ4n) is 3.41. The van der Waals surface area contributed by atoms with Gasteiger partial charge in [-0.1, -0.05) is 29.8 Å². The van der Waals surface area contributed by atoms with E-state index in [2.05, 4.69) is 31.9 Å². The minimum absolute atomic E-state index is 0.0979. The average molecular weight is 432 g/mol. The Labute approximate surface area is 181 Å². The summed E-state index contributed by atoms with van der Waals surface area (Å²) in [6, 6.07) is 14.1. The molecule has 1 atom stereocenters. The molecule has 0 radical (unpaired) electrons. The zero-order valence-corrected chi connectivity index (χ0v) is 17.8. The van der Waals surface area contributed by atoms with Gasteiger partial charge in [0.05, 0.1) is 6.42 Å². The van der Waals surface area contributed by atoms with Crippen molar-refractivity contribution in [3.63, 3.8) is 0 Å². The summed E-state index contributed by atoms with van der Waals surface area (Å²) in [6.07, 6.45) is 1.23. The second-order valence-electron chi connectivity index (χ2n) is 7.21. The van der Waals surface area contributed by atoms with E-state index in [0.29, 0.717) is 19.0 Å². The number of guanidine groups is 1. The number of hydrogen-bond acceptors (Lipinski definition) is 3. The number of aliphatic imine (C=N–C) groups is 1. The van der Waals surface area contributed by atoms with E-state index in [-0.39, 0.29) is 24.2 Å². The number of rotatable bonds is 7. The van der Waals surface area contributed by atoms with Crippen molar-refractivity contribution in [2.45, 2.75) is 18.9 Å². The molecular formula is C22H27ClFN5O. The lowest BCUT2D eigenvalue weighted by Gasteiger charge is -2.20. The van der Waals surface area contributed by atoms with Gasteiger partial charge in [-0.15, -0.1) is 0 Å². The number of carbonyl (C=O) groups is 1. The standard InChI is InChI=1S/C22H27ClFN5O/c1-25-22(27-11-10-26-21(30)13-16-5-7-18(24)8-6-16)28-19-9-12-29(15-19)20-4-2-3-17(23)14-20/h2-8,14,19H,9-13,15H2,1H3,(H,26,30)(H2,25,27,28). The highest BCUT2D eigenvalue weighted by atomic mass is 35.5. The number of nitrogens with zero attached hydrogens (tertiary/aromatic N) is 2. The summed E-state index contributed by atoms with van der Waals surface area (Å²) in [6.45, 7) is 2.85. The summed E-state index contributed by atoms with van der Waals surface area (Å²) in [5, 5.41) is 10.2. The topological polar surface area (TPSA) is 68.8 Å². The molecule has 0 saturated carbocycles. The highest BCUT2D eigenvalue weighted by Crippen LogP contribution is 2.23. The first-order chi connectivity index (χ1) is 14.5. The molecule has 2 aromatic rings. The van der Waals surface area contributed by atoms with E-state index < -0.39 is 0 Å². The van der Waals surface area contributed by atoms with Crippen molar-refractivity contribution in [1.82, 2.24) is 16.0 Å². The van der Waals surface area contributed by atoms with E-state index in [9.17, 15) is 9.18 Å². The van der Waals surface area contributed by atoms with E-state index in [1.165, 1.54) is 12.1 Å². The molecule has 0 bridgehead atoms. The van der Waals surface area contributed by atoms with Gasteiger partial charge in [0.15, 0.2) is 5.96 Å². The predicted octanol–water partition coefficient (Wildman–Crippen LogP) is 2.58. The summed E-state index contributed by atoms with van der Waals surface area (Å²) in [5.41, 5.74) is 1.91. The highest BCUT2D eigenvalue weighted by Gasteiger charge is 2.23. The lowest BCUT2D eigenvalue weighted by atomic mass is 10.1. The van der Waals surface area contributed by atoms with Gasteiger partial charge in [0.25, 0.3) is 0 Å². The molecule has 2 aromatic carbocycles. The van der Waals surface area contributed by atoms with Gasteiger partial charge < -0.3 is 20.9 Å². The number of benzene rings is 2. The lowest BCUT2D eigenvalue weighted by molar-refractivity contribution is -0.120. The molecule has 1 fully saturated rings. The first-order valence-electron chi connectivity index (χ1n) is 10.0. The Morgan fingerprint density at radius 3 is 2.70 bits per heavy atom. The SMILES string of the molecule is CN=C(NCCNC(=O)Cc1ccc(F)cc1)NC1CCN(c2cccc(Cl)c2)C1. The van der Waals surface area contributed by atoms with Crippen LogP contribution in [0.25, 0.3) is 0 Å². The summed E-state index contributed by atoms with van der Waals surface area (Å²) in [4.78, 5) is 18.6. The maximum absolute atomic E-state index is 12.9. The molecule has 3 N–H and O–H groups in total. The number of carbonyl (C=O) groups excluding carboxylic acids is 1. The first-order valence-corrected chi connectivity index (χ1v) is 10.4. The van der Waals surface area contributed by atoms with Crippen LogP contribution < -0.4 is 20.9 Å². The zero-order chi connectivity index (χ0) is 21.3. The molecule has 0 aliphatic carbocycles. The van der Waals surface area contributed by atoms with Gasteiger partial charge in [-0.3, -0.25) is 9.79 Å². The van der Waals surface area contributed by atoms with Gasteiger partial charge >= 0.3 is 0 Å². The lowest BCUT2D eigenvalue weighted by Crippen LogP contribution is -2.46. The summed E-state index contributed by atoms with van der Waals surface area (Å²) in [5.74, 6) is 0.306. The van der Waals surface area contributed by atoms with Crippen LogP contribution in [-0.2, 0) is 11.2 Å². The minimum Gasteiger partial charge on any atom is -0.369 e. The first kappa shape index (κ1) is 21.9. The second kappa shape index (κ2) is 10.8.